The third kappa shape index (κ3) is 5.94. The van der Waals surface area contributed by atoms with Crippen molar-refractivity contribution in [2.24, 2.45) is 0 Å². The van der Waals surface area contributed by atoms with Gasteiger partial charge in [-0.25, -0.2) is 0 Å². The van der Waals surface area contributed by atoms with Crippen LogP contribution in [-0.4, -0.2) is 42.3 Å². The Labute approximate surface area is 170 Å². The SMILES string of the molecule is O=C1CC(c2ccccc2)N(C(=O)CNC(=O)c2ccco2)CCCCCCN1. The van der Waals surface area contributed by atoms with E-state index in [2.05, 4.69) is 10.6 Å². The molecule has 2 aromatic rings. The molecule has 0 spiro atoms. The molecule has 0 radical (unpaired) electrons. The van der Waals surface area contributed by atoms with E-state index in [1.54, 1.807) is 17.0 Å². The minimum absolute atomic E-state index is 0.0711. The second-order valence-corrected chi connectivity index (χ2v) is 7.14. The Balaban J connectivity index is 1.77. The highest BCUT2D eigenvalue weighted by molar-refractivity contribution is 5.94. The van der Waals surface area contributed by atoms with Crippen LogP contribution in [0.2, 0.25) is 0 Å². The molecular weight excluding hydrogens is 370 g/mol. The van der Waals surface area contributed by atoms with Crippen LogP contribution in [0.4, 0.5) is 0 Å². The van der Waals surface area contributed by atoms with E-state index in [0.717, 1.165) is 31.2 Å². The number of carbonyl (C=O) groups is 3. The summed E-state index contributed by atoms with van der Waals surface area (Å²) in [6, 6.07) is 12.4. The first-order valence-electron chi connectivity index (χ1n) is 10.1. The lowest BCUT2D eigenvalue weighted by Crippen LogP contribution is -2.44. The van der Waals surface area contributed by atoms with Crippen LogP contribution in [0.3, 0.4) is 0 Å². The number of hydrogen-bond acceptors (Lipinski definition) is 4. The first-order valence-corrected chi connectivity index (χ1v) is 10.1. The maximum absolute atomic E-state index is 13.1. The predicted octanol–water partition coefficient (Wildman–Crippen LogP) is 2.66. The van der Waals surface area contributed by atoms with E-state index in [9.17, 15) is 14.4 Å². The van der Waals surface area contributed by atoms with Gasteiger partial charge in [0.1, 0.15) is 0 Å². The predicted molar refractivity (Wildman–Crippen MR) is 108 cm³/mol. The number of carbonyl (C=O) groups excluding carboxylic acids is 3. The van der Waals surface area contributed by atoms with Gasteiger partial charge in [0, 0.05) is 13.1 Å². The number of amides is 3. The van der Waals surface area contributed by atoms with E-state index in [4.69, 9.17) is 4.42 Å². The highest BCUT2D eigenvalue weighted by atomic mass is 16.3. The molecule has 1 aromatic heterocycles. The maximum Gasteiger partial charge on any atom is 0.287 e. The summed E-state index contributed by atoms with van der Waals surface area (Å²) in [7, 11) is 0. The summed E-state index contributed by atoms with van der Waals surface area (Å²) in [6.45, 7) is 1.06. The van der Waals surface area contributed by atoms with E-state index >= 15 is 0 Å². The molecular formula is C22H27N3O4. The summed E-state index contributed by atoms with van der Waals surface area (Å²) in [5.74, 6) is -0.562. The van der Waals surface area contributed by atoms with Crippen LogP contribution in [0, 0.1) is 0 Å². The number of nitrogens with zero attached hydrogens (tertiary/aromatic N) is 1. The zero-order valence-electron chi connectivity index (χ0n) is 16.4. The molecule has 1 aromatic carbocycles. The van der Waals surface area contributed by atoms with E-state index in [1.165, 1.54) is 6.26 Å². The molecule has 1 aliphatic heterocycles. The second kappa shape index (κ2) is 10.5. The molecule has 0 saturated carbocycles. The second-order valence-electron chi connectivity index (χ2n) is 7.14. The van der Waals surface area contributed by atoms with Crippen molar-refractivity contribution in [2.45, 2.75) is 38.1 Å². The Hall–Kier alpha value is -3.09. The van der Waals surface area contributed by atoms with Crippen molar-refractivity contribution in [3.05, 3.63) is 60.1 Å². The Morgan fingerprint density at radius 3 is 2.62 bits per heavy atom. The summed E-state index contributed by atoms with van der Waals surface area (Å²) < 4.78 is 5.07. The molecule has 154 valence electrons. The molecule has 3 amide bonds. The average Bonchev–Trinajstić information content (AvgIpc) is 3.27. The van der Waals surface area contributed by atoms with Crippen molar-refractivity contribution in [1.29, 1.82) is 0 Å². The highest BCUT2D eigenvalue weighted by Crippen LogP contribution is 2.25. The molecule has 7 nitrogen and oxygen atoms in total. The van der Waals surface area contributed by atoms with Gasteiger partial charge in [0.15, 0.2) is 5.76 Å². The zero-order valence-corrected chi connectivity index (χ0v) is 16.4. The summed E-state index contributed by atoms with van der Waals surface area (Å²) in [5, 5.41) is 5.57. The monoisotopic (exact) mass is 397 g/mol. The Morgan fingerprint density at radius 2 is 1.86 bits per heavy atom. The lowest BCUT2D eigenvalue weighted by atomic mass is 10.0. The first-order chi connectivity index (χ1) is 14.1. The van der Waals surface area contributed by atoms with Crippen LogP contribution >= 0.6 is 0 Å². The molecule has 1 fully saturated rings. The summed E-state index contributed by atoms with van der Waals surface area (Å²) in [5.41, 5.74) is 0.910. The van der Waals surface area contributed by atoms with Gasteiger partial charge >= 0.3 is 0 Å². The fourth-order valence-electron chi connectivity index (χ4n) is 3.53. The Bertz CT molecular complexity index is 805. The van der Waals surface area contributed by atoms with Crippen molar-refractivity contribution < 1.29 is 18.8 Å². The number of hydrogen-bond donors (Lipinski definition) is 2. The van der Waals surface area contributed by atoms with E-state index in [0.29, 0.717) is 13.1 Å². The molecule has 7 heteroatoms. The van der Waals surface area contributed by atoms with Crippen molar-refractivity contribution in [2.75, 3.05) is 19.6 Å². The van der Waals surface area contributed by atoms with Gasteiger partial charge in [-0.1, -0.05) is 43.2 Å². The zero-order chi connectivity index (χ0) is 20.5. The molecule has 0 aliphatic carbocycles. The van der Waals surface area contributed by atoms with Crippen LogP contribution in [0.15, 0.2) is 53.1 Å². The van der Waals surface area contributed by atoms with Gasteiger partial charge in [-0.15, -0.1) is 0 Å². The smallest absolute Gasteiger partial charge is 0.287 e. The number of nitrogens with one attached hydrogen (secondary N) is 2. The van der Waals surface area contributed by atoms with Crippen LogP contribution in [0.1, 0.15) is 54.3 Å². The number of benzene rings is 1. The van der Waals surface area contributed by atoms with Gasteiger partial charge in [0.05, 0.1) is 25.3 Å². The molecule has 2 heterocycles. The minimum Gasteiger partial charge on any atom is -0.459 e. The van der Waals surface area contributed by atoms with Gasteiger partial charge in [0.2, 0.25) is 11.8 Å². The first kappa shape index (κ1) is 20.6. The lowest BCUT2D eigenvalue weighted by molar-refractivity contribution is -0.134. The van der Waals surface area contributed by atoms with Gasteiger partial charge in [0.25, 0.3) is 5.91 Å². The van der Waals surface area contributed by atoms with E-state index in [-0.39, 0.29) is 36.6 Å². The Kier molecular flexibility index (Phi) is 7.44. The van der Waals surface area contributed by atoms with Gasteiger partial charge in [-0.2, -0.15) is 0 Å². The molecule has 1 aliphatic rings. The average molecular weight is 397 g/mol. The Morgan fingerprint density at radius 1 is 1.07 bits per heavy atom. The fraction of sp³-hybridized carbons (Fsp3) is 0.409. The topological polar surface area (TPSA) is 91.7 Å². The van der Waals surface area contributed by atoms with Crippen molar-refractivity contribution >= 4 is 17.7 Å². The van der Waals surface area contributed by atoms with Crippen LogP contribution in [0.25, 0.3) is 0 Å². The summed E-state index contributed by atoms with van der Waals surface area (Å²) in [4.78, 5) is 39.4. The van der Waals surface area contributed by atoms with Gasteiger partial charge in [-0.05, 0) is 30.5 Å². The minimum atomic E-state index is -0.435. The number of rotatable bonds is 4. The molecule has 0 bridgehead atoms. The van der Waals surface area contributed by atoms with Crippen molar-refractivity contribution in [3.63, 3.8) is 0 Å². The third-order valence-electron chi connectivity index (χ3n) is 5.05. The molecule has 2 N–H and O–H groups in total. The lowest BCUT2D eigenvalue weighted by Gasteiger charge is -2.32. The van der Waals surface area contributed by atoms with Gasteiger partial charge < -0.3 is 20.0 Å². The van der Waals surface area contributed by atoms with E-state index < -0.39 is 5.91 Å². The normalized spacial score (nSPS) is 18.4. The third-order valence-corrected chi connectivity index (χ3v) is 5.05. The van der Waals surface area contributed by atoms with Crippen LogP contribution in [0.5, 0.6) is 0 Å². The fourth-order valence-corrected chi connectivity index (χ4v) is 3.53. The largest absolute Gasteiger partial charge is 0.459 e. The van der Waals surface area contributed by atoms with Crippen molar-refractivity contribution in [1.82, 2.24) is 15.5 Å². The highest BCUT2D eigenvalue weighted by Gasteiger charge is 2.27. The number of furan rings is 1. The van der Waals surface area contributed by atoms with Crippen LogP contribution < -0.4 is 10.6 Å². The molecule has 1 unspecified atom stereocenters. The quantitative estimate of drug-likeness (QED) is 0.830. The summed E-state index contributed by atoms with van der Waals surface area (Å²) >= 11 is 0. The molecule has 29 heavy (non-hydrogen) atoms. The summed E-state index contributed by atoms with van der Waals surface area (Å²) in [6.07, 6.45) is 5.40. The van der Waals surface area contributed by atoms with Gasteiger partial charge in [-0.3, -0.25) is 14.4 Å². The van der Waals surface area contributed by atoms with Crippen LogP contribution in [-0.2, 0) is 9.59 Å². The molecule has 1 atom stereocenters. The van der Waals surface area contributed by atoms with Crippen molar-refractivity contribution in [3.8, 4) is 0 Å². The maximum atomic E-state index is 13.1. The molecule has 3 rings (SSSR count). The van der Waals surface area contributed by atoms with E-state index in [1.807, 2.05) is 30.3 Å². The standard InChI is InChI=1S/C22H27N3O4/c26-20-15-18(17-9-4-3-5-10-17)25(13-7-2-1-6-12-23-20)21(27)16-24-22(28)19-11-8-14-29-19/h3-5,8-11,14,18H,1-2,6-7,12-13,15-16H2,(H,23,26)(H,24,28). The molecule has 1 saturated heterocycles.